The van der Waals surface area contributed by atoms with Gasteiger partial charge in [-0.25, -0.2) is 4.98 Å². The lowest BCUT2D eigenvalue weighted by molar-refractivity contribution is 0.933. The highest BCUT2D eigenvalue weighted by Gasteiger charge is 2.08. The number of rotatable bonds is 1. The van der Waals surface area contributed by atoms with Crippen LogP contribution in [0.2, 0.25) is 0 Å². The Hall–Kier alpha value is -1.63. The van der Waals surface area contributed by atoms with E-state index < -0.39 is 0 Å². The summed E-state index contributed by atoms with van der Waals surface area (Å²) in [4.78, 5) is 4.69. The molecule has 0 fully saturated rings. The Morgan fingerprint density at radius 3 is 2.80 bits per heavy atom. The Bertz CT molecular complexity index is 526. The summed E-state index contributed by atoms with van der Waals surface area (Å²) in [5.74, 6) is 0. The molecule has 1 heteroatoms. The van der Waals surface area contributed by atoms with Gasteiger partial charge in [-0.1, -0.05) is 30.3 Å². The number of para-hydroxylation sites is 1. The van der Waals surface area contributed by atoms with Crippen molar-refractivity contribution in [1.29, 1.82) is 0 Å². The van der Waals surface area contributed by atoms with Crippen molar-refractivity contribution in [2.75, 3.05) is 0 Å². The van der Waals surface area contributed by atoms with Gasteiger partial charge in [0.15, 0.2) is 0 Å². The van der Waals surface area contributed by atoms with Crippen molar-refractivity contribution in [2.45, 2.75) is 19.3 Å². The van der Waals surface area contributed by atoms with E-state index in [0.29, 0.717) is 0 Å². The first-order chi connectivity index (χ1) is 7.43. The van der Waals surface area contributed by atoms with Gasteiger partial charge in [0.05, 0.1) is 11.2 Å². The highest BCUT2D eigenvalue weighted by molar-refractivity contribution is 5.81. The van der Waals surface area contributed by atoms with Crippen LogP contribution in [0.25, 0.3) is 16.5 Å². The number of pyridine rings is 1. The smallest absolute Gasteiger partial charge is 0.0709 e. The van der Waals surface area contributed by atoms with Gasteiger partial charge in [0, 0.05) is 5.39 Å². The van der Waals surface area contributed by atoms with Crippen molar-refractivity contribution in [3.05, 3.63) is 48.2 Å². The van der Waals surface area contributed by atoms with Crippen LogP contribution < -0.4 is 0 Å². The first-order valence-electron chi connectivity index (χ1n) is 5.49. The molecule has 0 radical (unpaired) electrons. The van der Waals surface area contributed by atoms with E-state index in [1.54, 1.807) is 0 Å². The molecule has 1 aromatic carbocycles. The van der Waals surface area contributed by atoms with Crippen molar-refractivity contribution in [3.63, 3.8) is 0 Å². The minimum Gasteiger partial charge on any atom is -0.248 e. The van der Waals surface area contributed by atoms with E-state index in [0.717, 1.165) is 11.2 Å². The zero-order chi connectivity index (χ0) is 10.1. The van der Waals surface area contributed by atoms with Crippen LogP contribution in [0.15, 0.2) is 42.5 Å². The summed E-state index contributed by atoms with van der Waals surface area (Å²) >= 11 is 0. The van der Waals surface area contributed by atoms with Crippen LogP contribution in [0.4, 0.5) is 0 Å². The minimum atomic E-state index is 1.10. The average molecular weight is 195 g/mol. The summed E-state index contributed by atoms with van der Waals surface area (Å²) in [7, 11) is 0. The molecular formula is C14H13N. The molecule has 15 heavy (non-hydrogen) atoms. The van der Waals surface area contributed by atoms with E-state index in [1.165, 1.54) is 30.2 Å². The van der Waals surface area contributed by atoms with E-state index in [1.807, 2.05) is 6.07 Å². The first-order valence-corrected chi connectivity index (χ1v) is 5.49. The maximum Gasteiger partial charge on any atom is 0.0709 e. The predicted octanol–water partition coefficient (Wildman–Crippen LogP) is 3.80. The second kappa shape index (κ2) is 3.50. The zero-order valence-electron chi connectivity index (χ0n) is 8.61. The van der Waals surface area contributed by atoms with Gasteiger partial charge in [-0.15, -0.1) is 0 Å². The number of aromatic nitrogens is 1. The van der Waals surface area contributed by atoms with E-state index in [4.69, 9.17) is 0 Å². The van der Waals surface area contributed by atoms with Crippen LogP contribution in [-0.4, -0.2) is 4.98 Å². The summed E-state index contributed by atoms with van der Waals surface area (Å²) in [6.07, 6.45) is 6.00. The molecule has 0 aliphatic heterocycles. The molecule has 1 aliphatic carbocycles. The van der Waals surface area contributed by atoms with Gasteiger partial charge < -0.3 is 0 Å². The third-order valence-electron chi connectivity index (χ3n) is 2.97. The zero-order valence-corrected chi connectivity index (χ0v) is 8.61. The lowest BCUT2D eigenvalue weighted by Gasteiger charge is -2.03. The number of fused-ring (bicyclic) bond motifs is 1. The van der Waals surface area contributed by atoms with Gasteiger partial charge in [0.1, 0.15) is 0 Å². The molecule has 2 aromatic rings. The second-order valence-electron chi connectivity index (χ2n) is 4.01. The van der Waals surface area contributed by atoms with Crippen LogP contribution in [-0.2, 0) is 0 Å². The molecule has 3 rings (SSSR count). The Labute approximate surface area is 89.5 Å². The van der Waals surface area contributed by atoms with Gasteiger partial charge >= 0.3 is 0 Å². The van der Waals surface area contributed by atoms with E-state index in [-0.39, 0.29) is 0 Å². The Morgan fingerprint density at radius 1 is 1.00 bits per heavy atom. The lowest BCUT2D eigenvalue weighted by Crippen LogP contribution is -1.87. The maximum absolute atomic E-state index is 4.69. The molecule has 0 saturated heterocycles. The number of hydrogen-bond acceptors (Lipinski definition) is 1. The molecule has 0 spiro atoms. The quantitative estimate of drug-likeness (QED) is 0.674. The molecule has 1 heterocycles. The fourth-order valence-corrected chi connectivity index (χ4v) is 2.15. The van der Waals surface area contributed by atoms with Crippen LogP contribution in [0.1, 0.15) is 25.0 Å². The van der Waals surface area contributed by atoms with Crippen molar-refractivity contribution in [2.24, 2.45) is 0 Å². The molecule has 0 unspecified atom stereocenters. The summed E-state index contributed by atoms with van der Waals surface area (Å²) < 4.78 is 0. The molecule has 0 amide bonds. The molecule has 0 atom stereocenters. The Morgan fingerprint density at radius 2 is 1.93 bits per heavy atom. The maximum atomic E-state index is 4.69. The minimum absolute atomic E-state index is 1.10. The van der Waals surface area contributed by atoms with E-state index in [2.05, 4.69) is 41.4 Å². The van der Waals surface area contributed by atoms with Crippen LogP contribution in [0.3, 0.4) is 0 Å². The van der Waals surface area contributed by atoms with Crippen LogP contribution >= 0.6 is 0 Å². The second-order valence-corrected chi connectivity index (χ2v) is 4.01. The SMILES string of the molecule is C1=C(c2ccc3ccccc3n2)CCC1. The van der Waals surface area contributed by atoms with Gasteiger partial charge in [-0.2, -0.15) is 0 Å². The lowest BCUT2D eigenvalue weighted by atomic mass is 10.1. The number of hydrogen-bond donors (Lipinski definition) is 0. The molecule has 0 bridgehead atoms. The first kappa shape index (κ1) is 8.66. The normalized spacial score (nSPS) is 15.6. The molecule has 0 N–H and O–H groups in total. The van der Waals surface area contributed by atoms with Gasteiger partial charge in [-0.3, -0.25) is 0 Å². The molecule has 1 nitrogen and oxygen atoms in total. The van der Waals surface area contributed by atoms with Crippen molar-refractivity contribution in [3.8, 4) is 0 Å². The van der Waals surface area contributed by atoms with Gasteiger partial charge in [0.2, 0.25) is 0 Å². The summed E-state index contributed by atoms with van der Waals surface area (Å²) in [6.45, 7) is 0. The predicted molar refractivity (Wildman–Crippen MR) is 63.6 cm³/mol. The highest BCUT2D eigenvalue weighted by Crippen LogP contribution is 2.27. The molecule has 74 valence electrons. The fraction of sp³-hybridized carbons (Fsp3) is 0.214. The number of benzene rings is 1. The molecular weight excluding hydrogens is 182 g/mol. The largest absolute Gasteiger partial charge is 0.248 e. The van der Waals surface area contributed by atoms with Gasteiger partial charge in [0.25, 0.3) is 0 Å². The number of nitrogens with zero attached hydrogens (tertiary/aromatic N) is 1. The van der Waals surface area contributed by atoms with E-state index >= 15 is 0 Å². The standard InChI is InChI=1S/C14H13N/c1-2-6-11(5-1)14-10-9-12-7-3-4-8-13(12)15-14/h3-5,7-10H,1-2,6H2. The third kappa shape index (κ3) is 1.54. The highest BCUT2D eigenvalue weighted by atomic mass is 14.7. The van der Waals surface area contributed by atoms with Crippen molar-refractivity contribution >= 4 is 16.5 Å². The molecule has 1 aliphatic rings. The van der Waals surface area contributed by atoms with Gasteiger partial charge in [-0.05, 0) is 37.0 Å². The topological polar surface area (TPSA) is 12.9 Å². The third-order valence-corrected chi connectivity index (χ3v) is 2.97. The molecule has 1 aromatic heterocycles. The van der Waals surface area contributed by atoms with Crippen LogP contribution in [0, 0.1) is 0 Å². The fourth-order valence-electron chi connectivity index (χ4n) is 2.15. The Kier molecular flexibility index (Phi) is 2.02. The van der Waals surface area contributed by atoms with Crippen LogP contribution in [0.5, 0.6) is 0 Å². The van der Waals surface area contributed by atoms with E-state index in [9.17, 15) is 0 Å². The summed E-state index contributed by atoms with van der Waals surface area (Å²) in [5.41, 5.74) is 3.68. The number of allylic oxidation sites excluding steroid dienone is 2. The Balaban J connectivity index is 2.13. The van der Waals surface area contributed by atoms with Crippen molar-refractivity contribution < 1.29 is 0 Å². The molecule has 0 saturated carbocycles. The summed E-state index contributed by atoms with van der Waals surface area (Å²) in [6, 6.07) is 12.6. The average Bonchev–Trinajstić information content (AvgIpc) is 2.82. The summed E-state index contributed by atoms with van der Waals surface area (Å²) in [5, 5.41) is 1.22. The van der Waals surface area contributed by atoms with Crippen molar-refractivity contribution in [1.82, 2.24) is 4.98 Å². The monoisotopic (exact) mass is 195 g/mol.